The molecule has 1 aliphatic rings. The van der Waals surface area contributed by atoms with E-state index in [2.05, 4.69) is 19.1 Å². The minimum Gasteiger partial charge on any atom is -0.371 e. The zero-order chi connectivity index (χ0) is 9.97. The number of halogens is 1. The van der Waals surface area contributed by atoms with Crippen LogP contribution in [0.3, 0.4) is 0 Å². The lowest BCUT2D eigenvalue weighted by atomic mass is 9.99. The molecule has 1 aromatic carbocycles. The van der Waals surface area contributed by atoms with E-state index in [0.29, 0.717) is 6.10 Å². The third kappa shape index (κ3) is 2.28. The Hall–Kier alpha value is -0.530. The molecule has 0 saturated carbocycles. The van der Waals surface area contributed by atoms with Gasteiger partial charge in [-0.1, -0.05) is 23.7 Å². The van der Waals surface area contributed by atoms with E-state index >= 15 is 0 Å². The van der Waals surface area contributed by atoms with Crippen molar-refractivity contribution >= 4 is 11.6 Å². The number of rotatable bonds is 1. The van der Waals surface area contributed by atoms with Gasteiger partial charge in [-0.05, 0) is 43.9 Å². The summed E-state index contributed by atoms with van der Waals surface area (Å²) in [5.41, 5.74) is 1.25. The highest BCUT2D eigenvalue weighted by Gasteiger charge is 2.20. The molecule has 76 valence electrons. The Morgan fingerprint density at radius 1 is 1.21 bits per heavy atom. The zero-order valence-electron chi connectivity index (χ0n) is 8.37. The monoisotopic (exact) mass is 210 g/mol. The molecule has 0 spiro atoms. The summed E-state index contributed by atoms with van der Waals surface area (Å²) in [6, 6.07) is 7.98. The van der Waals surface area contributed by atoms with Gasteiger partial charge in [0.25, 0.3) is 0 Å². The Bertz CT molecular complexity index is 294. The van der Waals surface area contributed by atoms with Crippen LogP contribution in [-0.4, -0.2) is 6.10 Å². The van der Waals surface area contributed by atoms with Crippen molar-refractivity contribution in [3.8, 4) is 0 Å². The van der Waals surface area contributed by atoms with Gasteiger partial charge in [0.2, 0.25) is 0 Å². The molecule has 1 aromatic rings. The summed E-state index contributed by atoms with van der Waals surface area (Å²) in [7, 11) is 0. The maximum absolute atomic E-state index is 5.87. The third-order valence-electron chi connectivity index (χ3n) is 2.72. The first-order chi connectivity index (χ1) is 6.75. The van der Waals surface area contributed by atoms with Crippen LogP contribution in [0.5, 0.6) is 0 Å². The average Bonchev–Trinajstić information content (AvgIpc) is 2.19. The largest absolute Gasteiger partial charge is 0.371 e. The summed E-state index contributed by atoms with van der Waals surface area (Å²) in [4.78, 5) is 0. The number of ether oxygens (including phenoxy) is 1. The first-order valence-corrected chi connectivity index (χ1v) is 5.54. The molecule has 14 heavy (non-hydrogen) atoms. The van der Waals surface area contributed by atoms with E-state index < -0.39 is 0 Å². The van der Waals surface area contributed by atoms with Gasteiger partial charge in [0.1, 0.15) is 0 Å². The van der Waals surface area contributed by atoms with Gasteiger partial charge in [0.05, 0.1) is 12.2 Å². The van der Waals surface area contributed by atoms with Gasteiger partial charge in [0, 0.05) is 5.02 Å². The fraction of sp³-hybridized carbons (Fsp3) is 0.500. The fourth-order valence-corrected chi connectivity index (χ4v) is 2.06. The van der Waals surface area contributed by atoms with Gasteiger partial charge in [0.15, 0.2) is 0 Å². The molecule has 2 rings (SSSR count). The van der Waals surface area contributed by atoms with Crippen LogP contribution in [0.4, 0.5) is 0 Å². The summed E-state index contributed by atoms with van der Waals surface area (Å²) in [6.07, 6.45) is 4.24. The summed E-state index contributed by atoms with van der Waals surface area (Å²) < 4.78 is 5.87. The lowest BCUT2D eigenvalue weighted by Crippen LogP contribution is -2.19. The third-order valence-corrected chi connectivity index (χ3v) is 2.97. The molecule has 1 aliphatic heterocycles. The quantitative estimate of drug-likeness (QED) is 0.682. The van der Waals surface area contributed by atoms with Gasteiger partial charge in [-0.2, -0.15) is 0 Å². The smallest absolute Gasteiger partial charge is 0.0828 e. The Balaban J connectivity index is 2.10. The summed E-state index contributed by atoms with van der Waals surface area (Å²) in [6.45, 7) is 2.14. The number of benzene rings is 1. The van der Waals surface area contributed by atoms with Crippen LogP contribution >= 0.6 is 11.6 Å². The average molecular weight is 211 g/mol. The van der Waals surface area contributed by atoms with Gasteiger partial charge in [-0.25, -0.2) is 0 Å². The molecule has 0 bridgehead atoms. The second-order valence-corrected chi connectivity index (χ2v) is 4.35. The number of hydrogen-bond donors (Lipinski definition) is 0. The molecule has 2 heteroatoms. The minimum absolute atomic E-state index is 0.274. The topological polar surface area (TPSA) is 9.23 Å². The Morgan fingerprint density at radius 3 is 2.57 bits per heavy atom. The predicted molar refractivity (Wildman–Crippen MR) is 58.6 cm³/mol. The molecule has 0 amide bonds. The molecule has 0 radical (unpaired) electrons. The Morgan fingerprint density at radius 2 is 1.93 bits per heavy atom. The van der Waals surface area contributed by atoms with Crippen molar-refractivity contribution in [1.29, 1.82) is 0 Å². The molecule has 0 N–H and O–H groups in total. The zero-order valence-corrected chi connectivity index (χ0v) is 9.13. The van der Waals surface area contributed by atoms with Gasteiger partial charge in [-0.15, -0.1) is 0 Å². The molecule has 1 nitrogen and oxygen atoms in total. The van der Waals surface area contributed by atoms with Crippen molar-refractivity contribution in [2.75, 3.05) is 0 Å². The van der Waals surface area contributed by atoms with Crippen molar-refractivity contribution < 1.29 is 4.74 Å². The van der Waals surface area contributed by atoms with Gasteiger partial charge < -0.3 is 4.74 Å². The van der Waals surface area contributed by atoms with Crippen molar-refractivity contribution in [1.82, 2.24) is 0 Å². The van der Waals surface area contributed by atoms with Crippen molar-refractivity contribution in [2.45, 2.75) is 38.4 Å². The highest BCUT2D eigenvalue weighted by molar-refractivity contribution is 6.30. The summed E-state index contributed by atoms with van der Waals surface area (Å²) >= 11 is 5.84. The van der Waals surface area contributed by atoms with Crippen molar-refractivity contribution in [2.24, 2.45) is 0 Å². The van der Waals surface area contributed by atoms with Crippen LogP contribution in [0.1, 0.15) is 37.9 Å². The van der Waals surface area contributed by atoms with E-state index in [4.69, 9.17) is 16.3 Å². The van der Waals surface area contributed by atoms with E-state index in [1.54, 1.807) is 0 Å². The lowest BCUT2D eigenvalue weighted by molar-refractivity contribution is -0.0414. The predicted octanol–water partition coefficient (Wildman–Crippen LogP) is 3.97. The van der Waals surface area contributed by atoms with Crippen LogP contribution < -0.4 is 0 Å². The van der Waals surface area contributed by atoms with E-state index in [-0.39, 0.29) is 6.10 Å². The van der Waals surface area contributed by atoms with Crippen molar-refractivity contribution in [3.05, 3.63) is 34.9 Å². The first-order valence-electron chi connectivity index (χ1n) is 5.16. The van der Waals surface area contributed by atoms with E-state index in [9.17, 15) is 0 Å². The molecule has 1 fully saturated rings. The molecule has 2 atom stereocenters. The lowest BCUT2D eigenvalue weighted by Gasteiger charge is -2.28. The normalized spacial score (nSPS) is 27.6. The molecule has 1 saturated heterocycles. The maximum Gasteiger partial charge on any atom is 0.0828 e. The summed E-state index contributed by atoms with van der Waals surface area (Å²) in [5.74, 6) is 0. The SMILES string of the molecule is C[C@H]1CCCC(c2ccc(Cl)cc2)O1. The van der Waals surface area contributed by atoms with Crippen LogP contribution in [0.15, 0.2) is 24.3 Å². The first kappa shape index (κ1) is 10.0. The van der Waals surface area contributed by atoms with Crippen LogP contribution in [0.25, 0.3) is 0 Å². The van der Waals surface area contributed by atoms with E-state index in [0.717, 1.165) is 11.4 Å². The van der Waals surface area contributed by atoms with E-state index in [1.165, 1.54) is 18.4 Å². The summed E-state index contributed by atoms with van der Waals surface area (Å²) in [5, 5.41) is 0.789. The van der Waals surface area contributed by atoms with Crippen LogP contribution in [0, 0.1) is 0 Å². The molecule has 1 heterocycles. The fourth-order valence-electron chi connectivity index (χ4n) is 1.93. The standard InChI is InChI=1S/C12H15ClO/c1-9-3-2-4-12(14-9)10-5-7-11(13)8-6-10/h5-9,12H,2-4H2,1H3/t9-,12?/m0/s1. The Kier molecular flexibility index (Phi) is 3.09. The van der Waals surface area contributed by atoms with E-state index in [1.807, 2.05) is 12.1 Å². The number of hydrogen-bond acceptors (Lipinski definition) is 1. The molecular weight excluding hydrogens is 196 g/mol. The Labute approximate surface area is 90.0 Å². The van der Waals surface area contributed by atoms with Gasteiger partial charge >= 0.3 is 0 Å². The maximum atomic E-state index is 5.87. The molecule has 1 unspecified atom stereocenters. The highest BCUT2D eigenvalue weighted by atomic mass is 35.5. The van der Waals surface area contributed by atoms with Crippen LogP contribution in [0.2, 0.25) is 5.02 Å². The highest BCUT2D eigenvalue weighted by Crippen LogP contribution is 2.31. The molecular formula is C12H15ClO. The second kappa shape index (κ2) is 4.33. The molecule has 0 aliphatic carbocycles. The molecule has 0 aromatic heterocycles. The van der Waals surface area contributed by atoms with Crippen LogP contribution in [-0.2, 0) is 4.74 Å². The van der Waals surface area contributed by atoms with Crippen molar-refractivity contribution in [3.63, 3.8) is 0 Å². The second-order valence-electron chi connectivity index (χ2n) is 3.92. The minimum atomic E-state index is 0.274. The van der Waals surface area contributed by atoms with Gasteiger partial charge in [-0.3, -0.25) is 0 Å².